The van der Waals surface area contributed by atoms with Crippen LogP contribution in [-0.4, -0.2) is 31.2 Å². The zero-order chi connectivity index (χ0) is 15.7. The molecule has 1 aliphatic heterocycles. The Labute approximate surface area is 136 Å². The lowest BCUT2D eigenvalue weighted by atomic mass is 9.99. The molecular weight excluding hydrogens is 359 g/mol. The van der Waals surface area contributed by atoms with Gasteiger partial charge < -0.3 is 15.4 Å². The number of carbonyl (C=O) groups is 1. The molecule has 114 valence electrons. The molecule has 0 saturated carbocycles. The maximum Gasteiger partial charge on any atom is 0.310 e. The minimum atomic E-state index is -0.419. The van der Waals surface area contributed by atoms with E-state index in [-0.39, 0.29) is 27.3 Å². The van der Waals surface area contributed by atoms with Gasteiger partial charge in [-0.15, -0.1) is 0 Å². The Morgan fingerprint density at radius 2 is 2.19 bits per heavy atom. The molecule has 2 N–H and O–H groups in total. The van der Waals surface area contributed by atoms with Crippen LogP contribution in [-0.2, 0) is 9.53 Å². The van der Waals surface area contributed by atoms with E-state index in [9.17, 15) is 9.18 Å². The van der Waals surface area contributed by atoms with Gasteiger partial charge in [0.2, 0.25) is 0 Å². The molecule has 0 amide bonds. The minimum Gasteiger partial charge on any atom is -0.469 e. The van der Waals surface area contributed by atoms with E-state index in [4.69, 9.17) is 22.7 Å². The fourth-order valence-corrected chi connectivity index (χ4v) is 3.45. The van der Waals surface area contributed by atoms with E-state index in [1.54, 1.807) is 12.1 Å². The highest BCUT2D eigenvalue weighted by Crippen LogP contribution is 2.34. The highest BCUT2D eigenvalue weighted by atomic mass is 79.9. The van der Waals surface area contributed by atoms with Crippen molar-refractivity contribution in [1.82, 2.24) is 0 Å². The second-order valence-electron chi connectivity index (χ2n) is 5.14. The summed E-state index contributed by atoms with van der Waals surface area (Å²) in [6.07, 6.45) is 0. The van der Waals surface area contributed by atoms with Crippen molar-refractivity contribution in [2.24, 2.45) is 17.6 Å². The molecule has 1 aromatic rings. The van der Waals surface area contributed by atoms with Crippen LogP contribution in [0.3, 0.4) is 0 Å². The van der Waals surface area contributed by atoms with E-state index in [1.807, 2.05) is 11.8 Å². The monoisotopic (exact) mass is 374 g/mol. The van der Waals surface area contributed by atoms with E-state index in [2.05, 4.69) is 15.9 Å². The summed E-state index contributed by atoms with van der Waals surface area (Å²) in [7, 11) is 1.37. The number of benzene rings is 1. The summed E-state index contributed by atoms with van der Waals surface area (Å²) in [5.74, 6) is -0.823. The Bertz CT molecular complexity index is 597. The van der Waals surface area contributed by atoms with Crippen LogP contribution in [0, 0.1) is 17.7 Å². The molecule has 1 heterocycles. The number of hydrogen-bond acceptors (Lipinski definition) is 4. The summed E-state index contributed by atoms with van der Waals surface area (Å²) < 4.78 is 19.5. The van der Waals surface area contributed by atoms with Crippen molar-refractivity contribution in [2.45, 2.75) is 6.92 Å². The van der Waals surface area contributed by atoms with E-state index in [0.717, 1.165) is 0 Å². The molecule has 7 heteroatoms. The third-order valence-electron chi connectivity index (χ3n) is 3.78. The normalized spacial score (nSPS) is 21.4. The Morgan fingerprint density at radius 1 is 1.52 bits per heavy atom. The van der Waals surface area contributed by atoms with Crippen molar-refractivity contribution < 1.29 is 13.9 Å². The van der Waals surface area contributed by atoms with Crippen molar-refractivity contribution in [3.8, 4) is 0 Å². The number of thiocarbonyl (C=S) groups is 1. The largest absolute Gasteiger partial charge is 0.469 e. The van der Waals surface area contributed by atoms with Crippen molar-refractivity contribution in [1.29, 1.82) is 0 Å². The van der Waals surface area contributed by atoms with Crippen LogP contribution < -0.4 is 10.6 Å². The zero-order valence-electron chi connectivity index (χ0n) is 11.7. The van der Waals surface area contributed by atoms with Crippen LogP contribution in [0.15, 0.2) is 16.6 Å². The van der Waals surface area contributed by atoms with Crippen molar-refractivity contribution in [3.05, 3.63) is 28.0 Å². The first-order valence-corrected chi connectivity index (χ1v) is 7.67. The molecule has 1 fully saturated rings. The second-order valence-corrected chi connectivity index (χ2v) is 6.37. The topological polar surface area (TPSA) is 55.6 Å². The van der Waals surface area contributed by atoms with Crippen molar-refractivity contribution >= 4 is 44.8 Å². The highest BCUT2D eigenvalue weighted by Gasteiger charge is 2.36. The molecule has 0 aliphatic carbocycles. The fourth-order valence-electron chi connectivity index (χ4n) is 2.60. The van der Waals surface area contributed by atoms with Gasteiger partial charge in [-0.3, -0.25) is 4.79 Å². The number of esters is 1. The first kappa shape index (κ1) is 16.2. The van der Waals surface area contributed by atoms with Gasteiger partial charge in [-0.25, -0.2) is 4.39 Å². The molecule has 0 bridgehead atoms. The molecule has 2 unspecified atom stereocenters. The second kappa shape index (κ2) is 6.27. The van der Waals surface area contributed by atoms with Gasteiger partial charge in [0, 0.05) is 18.7 Å². The molecular formula is C14H16BrFN2O2S. The van der Waals surface area contributed by atoms with Crippen LogP contribution in [0.25, 0.3) is 0 Å². The standard InChI is InChI=1S/C14H16BrFN2O2S/c1-7-5-18(6-9(7)14(19)20-2)10-4-3-8(13(17)21)11(15)12(10)16/h3-4,7,9H,5-6H2,1-2H3,(H2,17,21). The molecule has 2 rings (SSSR count). The summed E-state index contributed by atoms with van der Waals surface area (Å²) in [5, 5.41) is 0. The van der Waals surface area contributed by atoms with Gasteiger partial charge in [0.1, 0.15) is 4.99 Å². The summed E-state index contributed by atoms with van der Waals surface area (Å²) in [6, 6.07) is 3.32. The predicted molar refractivity (Wildman–Crippen MR) is 86.9 cm³/mol. The van der Waals surface area contributed by atoms with Gasteiger partial charge in [0.05, 0.1) is 23.2 Å². The SMILES string of the molecule is COC(=O)C1CN(c2ccc(C(N)=S)c(Br)c2F)CC1C. The summed E-state index contributed by atoms with van der Waals surface area (Å²) in [4.78, 5) is 13.7. The average Bonchev–Trinajstić information content (AvgIpc) is 2.82. The summed E-state index contributed by atoms with van der Waals surface area (Å²) in [5.41, 5.74) is 6.44. The van der Waals surface area contributed by atoms with Gasteiger partial charge in [0.25, 0.3) is 0 Å². The number of halogens is 2. The van der Waals surface area contributed by atoms with Crippen LogP contribution in [0.2, 0.25) is 0 Å². The Balaban J connectivity index is 2.30. The van der Waals surface area contributed by atoms with Gasteiger partial charge in [-0.05, 0) is 34.0 Å². The number of methoxy groups -OCH3 is 1. The molecule has 0 aromatic heterocycles. The van der Waals surface area contributed by atoms with E-state index < -0.39 is 5.82 Å². The quantitative estimate of drug-likeness (QED) is 0.650. The zero-order valence-corrected chi connectivity index (χ0v) is 14.1. The van der Waals surface area contributed by atoms with Gasteiger partial charge in [-0.1, -0.05) is 19.1 Å². The number of carbonyl (C=O) groups excluding carboxylic acids is 1. The Morgan fingerprint density at radius 3 is 2.76 bits per heavy atom. The predicted octanol–water partition coefficient (Wildman–Crippen LogP) is 2.47. The third-order valence-corrected chi connectivity index (χ3v) is 4.78. The summed E-state index contributed by atoms with van der Waals surface area (Å²) >= 11 is 8.07. The molecule has 21 heavy (non-hydrogen) atoms. The van der Waals surface area contributed by atoms with Gasteiger partial charge in [-0.2, -0.15) is 0 Å². The van der Waals surface area contributed by atoms with Crippen molar-refractivity contribution in [2.75, 3.05) is 25.1 Å². The van der Waals surface area contributed by atoms with Gasteiger partial charge >= 0.3 is 5.97 Å². The number of nitrogens with zero attached hydrogens (tertiary/aromatic N) is 1. The maximum atomic E-state index is 14.5. The van der Waals surface area contributed by atoms with Crippen LogP contribution in [0.4, 0.5) is 10.1 Å². The fraction of sp³-hybridized carbons (Fsp3) is 0.429. The average molecular weight is 375 g/mol. The molecule has 2 atom stereocenters. The van der Waals surface area contributed by atoms with Crippen molar-refractivity contribution in [3.63, 3.8) is 0 Å². The molecule has 1 saturated heterocycles. The number of nitrogens with two attached hydrogens (primary N) is 1. The van der Waals surface area contributed by atoms with Crippen LogP contribution in [0.5, 0.6) is 0 Å². The summed E-state index contributed by atoms with van der Waals surface area (Å²) in [6.45, 7) is 2.98. The number of anilines is 1. The Kier molecular flexibility index (Phi) is 4.83. The van der Waals surface area contributed by atoms with E-state index in [0.29, 0.717) is 24.3 Å². The van der Waals surface area contributed by atoms with E-state index in [1.165, 1.54) is 7.11 Å². The van der Waals surface area contributed by atoms with Crippen LogP contribution >= 0.6 is 28.1 Å². The molecule has 0 radical (unpaired) electrons. The third kappa shape index (κ3) is 3.03. The smallest absolute Gasteiger partial charge is 0.310 e. The van der Waals surface area contributed by atoms with Gasteiger partial charge in [0.15, 0.2) is 5.82 Å². The molecule has 1 aliphatic rings. The molecule has 0 spiro atoms. The highest BCUT2D eigenvalue weighted by molar-refractivity contribution is 9.10. The molecule has 1 aromatic carbocycles. The lowest BCUT2D eigenvalue weighted by Gasteiger charge is -2.20. The Hall–Kier alpha value is -1.21. The van der Waals surface area contributed by atoms with Crippen LogP contribution in [0.1, 0.15) is 12.5 Å². The maximum absolute atomic E-state index is 14.5. The molecule has 4 nitrogen and oxygen atoms in total. The number of rotatable bonds is 3. The first-order valence-electron chi connectivity index (χ1n) is 6.47. The lowest BCUT2D eigenvalue weighted by Crippen LogP contribution is -2.25. The number of hydrogen-bond donors (Lipinski definition) is 1. The van der Waals surface area contributed by atoms with E-state index >= 15 is 0 Å². The lowest BCUT2D eigenvalue weighted by molar-refractivity contribution is -0.145. The minimum absolute atomic E-state index is 0.103. The first-order chi connectivity index (χ1) is 9.86. The number of ether oxygens (including phenoxy) is 1.